The number of hydrogen-bond acceptors (Lipinski definition) is 1. The molecule has 1 saturated carbocycles. The van der Waals surface area contributed by atoms with Gasteiger partial charge in [-0.3, -0.25) is 0 Å². The molecule has 1 aromatic rings. The van der Waals surface area contributed by atoms with Crippen LogP contribution in [0, 0.1) is 5.92 Å². The molecule has 0 unspecified atom stereocenters. The lowest BCUT2D eigenvalue weighted by Crippen LogP contribution is -2.09. The Labute approximate surface area is 80.0 Å². The van der Waals surface area contributed by atoms with Gasteiger partial charge in [-0.2, -0.15) is 0 Å². The van der Waals surface area contributed by atoms with Crippen LogP contribution in [0.4, 0.5) is 0 Å². The zero-order chi connectivity index (χ0) is 8.93. The van der Waals surface area contributed by atoms with Crippen LogP contribution < -0.4 is 0 Å². The molecule has 1 aliphatic carbocycles. The monoisotopic (exact) mass is 178 g/mol. The Bertz CT molecular complexity index is 222. The first-order valence-corrected chi connectivity index (χ1v) is 5.41. The van der Waals surface area contributed by atoms with Crippen molar-refractivity contribution in [3.05, 3.63) is 18.7 Å². The zero-order valence-corrected chi connectivity index (χ0v) is 8.15. The second-order valence-electron chi connectivity index (χ2n) is 4.09. The smallest absolute Gasteiger partial charge is 0.0945 e. The van der Waals surface area contributed by atoms with Gasteiger partial charge in [-0.1, -0.05) is 32.1 Å². The molecule has 2 rings (SSSR count). The van der Waals surface area contributed by atoms with E-state index in [0.717, 1.165) is 12.5 Å². The van der Waals surface area contributed by atoms with Crippen molar-refractivity contribution in [2.75, 3.05) is 0 Å². The second kappa shape index (κ2) is 4.45. The van der Waals surface area contributed by atoms with Crippen LogP contribution in [0.1, 0.15) is 38.5 Å². The number of aryl methyl sites for hydroxylation is 1. The van der Waals surface area contributed by atoms with Crippen LogP contribution in [0.2, 0.25) is 0 Å². The topological polar surface area (TPSA) is 17.8 Å². The predicted octanol–water partition coefficient (Wildman–Crippen LogP) is 2.85. The predicted molar refractivity (Wildman–Crippen MR) is 53.4 cm³/mol. The van der Waals surface area contributed by atoms with E-state index in [0.29, 0.717) is 0 Å². The fourth-order valence-corrected chi connectivity index (χ4v) is 2.23. The summed E-state index contributed by atoms with van der Waals surface area (Å²) in [5, 5.41) is 0. The lowest BCUT2D eigenvalue weighted by atomic mass is 9.87. The Morgan fingerprint density at radius 2 is 2.08 bits per heavy atom. The highest BCUT2D eigenvalue weighted by Crippen LogP contribution is 2.26. The third-order valence-corrected chi connectivity index (χ3v) is 3.08. The zero-order valence-electron chi connectivity index (χ0n) is 8.15. The highest BCUT2D eigenvalue weighted by Gasteiger charge is 2.12. The molecule has 0 radical (unpaired) electrons. The van der Waals surface area contributed by atoms with Crippen molar-refractivity contribution in [1.82, 2.24) is 9.55 Å². The molecule has 0 bridgehead atoms. The van der Waals surface area contributed by atoms with Crippen molar-refractivity contribution in [2.45, 2.75) is 45.1 Å². The molecular formula is C11H18N2. The summed E-state index contributed by atoms with van der Waals surface area (Å²) >= 11 is 0. The van der Waals surface area contributed by atoms with Gasteiger partial charge in [-0.15, -0.1) is 0 Å². The minimum absolute atomic E-state index is 0.983. The highest BCUT2D eigenvalue weighted by molar-refractivity contribution is 4.75. The number of aromatic nitrogens is 2. The van der Waals surface area contributed by atoms with E-state index >= 15 is 0 Å². The van der Waals surface area contributed by atoms with Crippen LogP contribution in [0.25, 0.3) is 0 Å². The SMILES string of the molecule is c1cn(CCC2CCCCC2)cn1. The van der Waals surface area contributed by atoms with Gasteiger partial charge in [-0.05, 0) is 12.3 Å². The Morgan fingerprint density at radius 3 is 2.77 bits per heavy atom. The van der Waals surface area contributed by atoms with E-state index < -0.39 is 0 Å². The quantitative estimate of drug-likeness (QED) is 0.696. The van der Waals surface area contributed by atoms with Crippen LogP contribution in [0.3, 0.4) is 0 Å². The largest absolute Gasteiger partial charge is 0.337 e. The van der Waals surface area contributed by atoms with Gasteiger partial charge in [0.15, 0.2) is 0 Å². The van der Waals surface area contributed by atoms with Gasteiger partial charge >= 0.3 is 0 Å². The first-order valence-electron chi connectivity index (χ1n) is 5.41. The summed E-state index contributed by atoms with van der Waals surface area (Å²) in [4.78, 5) is 4.05. The molecule has 72 valence electrons. The van der Waals surface area contributed by atoms with E-state index in [1.807, 2.05) is 12.5 Å². The lowest BCUT2D eigenvalue weighted by molar-refractivity contribution is 0.324. The van der Waals surface area contributed by atoms with Gasteiger partial charge in [0.1, 0.15) is 0 Å². The molecule has 0 atom stereocenters. The molecule has 0 N–H and O–H groups in total. The fourth-order valence-electron chi connectivity index (χ4n) is 2.23. The third kappa shape index (κ3) is 2.58. The summed E-state index contributed by atoms with van der Waals surface area (Å²) in [5.41, 5.74) is 0. The Morgan fingerprint density at radius 1 is 1.23 bits per heavy atom. The molecule has 1 heterocycles. The van der Waals surface area contributed by atoms with Crippen molar-refractivity contribution >= 4 is 0 Å². The molecule has 0 aromatic carbocycles. The number of rotatable bonds is 3. The molecule has 1 fully saturated rings. The highest BCUT2D eigenvalue weighted by atomic mass is 15.0. The molecular weight excluding hydrogens is 160 g/mol. The summed E-state index contributed by atoms with van der Waals surface area (Å²) in [5.74, 6) is 0.983. The third-order valence-electron chi connectivity index (χ3n) is 3.08. The van der Waals surface area contributed by atoms with E-state index in [-0.39, 0.29) is 0 Å². The van der Waals surface area contributed by atoms with Gasteiger partial charge in [0, 0.05) is 18.9 Å². The summed E-state index contributed by atoms with van der Waals surface area (Å²) in [6.07, 6.45) is 14.5. The Balaban J connectivity index is 1.72. The summed E-state index contributed by atoms with van der Waals surface area (Å²) in [6, 6.07) is 0. The van der Waals surface area contributed by atoms with Gasteiger partial charge < -0.3 is 4.57 Å². The second-order valence-corrected chi connectivity index (χ2v) is 4.09. The Kier molecular flexibility index (Phi) is 3.01. The van der Waals surface area contributed by atoms with E-state index in [4.69, 9.17) is 0 Å². The molecule has 0 amide bonds. The lowest BCUT2D eigenvalue weighted by Gasteiger charge is -2.21. The van der Waals surface area contributed by atoms with Crippen LogP contribution in [-0.2, 0) is 6.54 Å². The van der Waals surface area contributed by atoms with Crippen LogP contribution >= 0.6 is 0 Å². The molecule has 2 nitrogen and oxygen atoms in total. The summed E-state index contributed by atoms with van der Waals surface area (Å²) < 4.78 is 2.19. The molecule has 1 aliphatic rings. The molecule has 0 spiro atoms. The van der Waals surface area contributed by atoms with Crippen molar-refractivity contribution in [3.63, 3.8) is 0 Å². The Hall–Kier alpha value is -0.790. The first-order chi connectivity index (χ1) is 6.45. The maximum Gasteiger partial charge on any atom is 0.0945 e. The normalized spacial score (nSPS) is 19.1. The maximum absolute atomic E-state index is 4.05. The standard InChI is InChI=1S/C11H18N2/c1-2-4-11(5-3-1)6-8-13-9-7-12-10-13/h7,9-11H,1-6,8H2. The van der Waals surface area contributed by atoms with Gasteiger partial charge in [0.2, 0.25) is 0 Å². The molecule has 1 aromatic heterocycles. The summed E-state index contributed by atoms with van der Waals surface area (Å²) in [7, 11) is 0. The van der Waals surface area contributed by atoms with E-state index in [9.17, 15) is 0 Å². The van der Waals surface area contributed by atoms with Gasteiger partial charge in [0.25, 0.3) is 0 Å². The van der Waals surface area contributed by atoms with E-state index in [2.05, 4.69) is 15.7 Å². The summed E-state index contributed by atoms with van der Waals surface area (Å²) in [6.45, 7) is 1.16. The number of nitrogens with zero attached hydrogens (tertiary/aromatic N) is 2. The van der Waals surface area contributed by atoms with Crippen LogP contribution in [-0.4, -0.2) is 9.55 Å². The molecule has 13 heavy (non-hydrogen) atoms. The average Bonchev–Trinajstić information content (AvgIpc) is 2.69. The van der Waals surface area contributed by atoms with Crippen molar-refractivity contribution < 1.29 is 0 Å². The number of imidazole rings is 1. The van der Waals surface area contributed by atoms with Crippen molar-refractivity contribution in [3.8, 4) is 0 Å². The molecule has 2 heteroatoms. The average molecular weight is 178 g/mol. The minimum Gasteiger partial charge on any atom is -0.337 e. The number of hydrogen-bond donors (Lipinski definition) is 0. The van der Waals surface area contributed by atoms with Gasteiger partial charge in [-0.25, -0.2) is 4.98 Å². The van der Waals surface area contributed by atoms with Crippen LogP contribution in [0.5, 0.6) is 0 Å². The van der Waals surface area contributed by atoms with Gasteiger partial charge in [0.05, 0.1) is 6.33 Å². The van der Waals surface area contributed by atoms with E-state index in [1.165, 1.54) is 38.5 Å². The van der Waals surface area contributed by atoms with Crippen LogP contribution in [0.15, 0.2) is 18.7 Å². The van der Waals surface area contributed by atoms with Crippen molar-refractivity contribution in [2.24, 2.45) is 5.92 Å². The maximum atomic E-state index is 4.05. The minimum atomic E-state index is 0.983. The van der Waals surface area contributed by atoms with E-state index in [1.54, 1.807) is 0 Å². The molecule has 0 aliphatic heterocycles. The van der Waals surface area contributed by atoms with Crippen molar-refractivity contribution in [1.29, 1.82) is 0 Å². The molecule has 0 saturated heterocycles. The first kappa shape index (κ1) is 8.79. The fraction of sp³-hybridized carbons (Fsp3) is 0.727.